The van der Waals surface area contributed by atoms with Crippen molar-refractivity contribution < 1.29 is 9.50 Å². The van der Waals surface area contributed by atoms with Gasteiger partial charge in [0.25, 0.3) is 0 Å². The van der Waals surface area contributed by atoms with Crippen LogP contribution in [0.3, 0.4) is 0 Å². The van der Waals surface area contributed by atoms with Crippen molar-refractivity contribution in [3.8, 4) is 0 Å². The second-order valence-electron chi connectivity index (χ2n) is 4.55. The van der Waals surface area contributed by atoms with E-state index in [9.17, 15) is 9.50 Å². The van der Waals surface area contributed by atoms with Crippen molar-refractivity contribution in [3.63, 3.8) is 0 Å². The Hall–Kier alpha value is -0.890. The molecular formula is C13H17FO. The molecule has 0 saturated heterocycles. The Morgan fingerprint density at radius 2 is 2.20 bits per heavy atom. The van der Waals surface area contributed by atoms with Crippen LogP contribution in [-0.4, -0.2) is 5.11 Å². The van der Waals surface area contributed by atoms with Crippen molar-refractivity contribution >= 4 is 0 Å². The summed E-state index contributed by atoms with van der Waals surface area (Å²) in [5.74, 6) is 0.380. The van der Waals surface area contributed by atoms with Crippen LogP contribution in [0.5, 0.6) is 0 Å². The first-order valence-corrected chi connectivity index (χ1v) is 5.61. The van der Waals surface area contributed by atoms with Gasteiger partial charge in [0.15, 0.2) is 0 Å². The number of aliphatic hydroxyl groups excluding tert-OH is 1. The molecule has 0 radical (unpaired) electrons. The van der Waals surface area contributed by atoms with Crippen molar-refractivity contribution in [2.45, 2.75) is 38.7 Å². The van der Waals surface area contributed by atoms with E-state index in [-0.39, 0.29) is 5.82 Å². The average molecular weight is 208 g/mol. The average Bonchev–Trinajstić information content (AvgIpc) is 2.15. The maximum absolute atomic E-state index is 13.0. The Morgan fingerprint density at radius 3 is 2.80 bits per heavy atom. The van der Waals surface area contributed by atoms with Crippen LogP contribution in [0.25, 0.3) is 0 Å². The lowest BCUT2D eigenvalue weighted by atomic mass is 9.80. The summed E-state index contributed by atoms with van der Waals surface area (Å²) in [4.78, 5) is 0. The number of halogens is 1. The molecule has 0 heterocycles. The van der Waals surface area contributed by atoms with E-state index in [1.165, 1.54) is 31.4 Å². The molecule has 15 heavy (non-hydrogen) atoms. The van der Waals surface area contributed by atoms with E-state index >= 15 is 0 Å². The quantitative estimate of drug-likeness (QED) is 0.807. The Kier molecular flexibility index (Phi) is 3.06. The molecule has 1 fully saturated rings. The molecule has 1 N–H and O–H groups in total. The highest BCUT2D eigenvalue weighted by Crippen LogP contribution is 2.35. The van der Waals surface area contributed by atoms with E-state index in [1.807, 2.05) is 6.92 Å². The van der Waals surface area contributed by atoms with E-state index in [4.69, 9.17) is 0 Å². The molecule has 0 aromatic heterocycles. The maximum Gasteiger partial charge on any atom is 0.123 e. The van der Waals surface area contributed by atoms with Gasteiger partial charge in [-0.05, 0) is 42.5 Å². The SMILES string of the molecule is Cc1ccc(F)cc1C(O)CC1CCC1. The third-order valence-corrected chi connectivity index (χ3v) is 3.38. The highest BCUT2D eigenvalue weighted by atomic mass is 19.1. The molecule has 0 spiro atoms. The first kappa shape index (κ1) is 10.6. The van der Waals surface area contributed by atoms with Crippen molar-refractivity contribution in [1.82, 2.24) is 0 Å². The van der Waals surface area contributed by atoms with Crippen molar-refractivity contribution in [3.05, 3.63) is 35.1 Å². The summed E-state index contributed by atoms with van der Waals surface area (Å²) in [6, 6.07) is 4.63. The molecule has 82 valence electrons. The zero-order chi connectivity index (χ0) is 10.8. The molecule has 1 aliphatic rings. The van der Waals surface area contributed by atoms with Crippen LogP contribution in [-0.2, 0) is 0 Å². The monoisotopic (exact) mass is 208 g/mol. The maximum atomic E-state index is 13.0. The van der Waals surface area contributed by atoms with Gasteiger partial charge < -0.3 is 5.11 Å². The standard InChI is InChI=1S/C13H17FO/c1-9-5-6-11(14)8-12(9)13(15)7-10-3-2-4-10/h5-6,8,10,13,15H,2-4,7H2,1H3. The first-order chi connectivity index (χ1) is 7.16. The molecule has 0 bridgehead atoms. The second kappa shape index (κ2) is 4.31. The van der Waals surface area contributed by atoms with Gasteiger partial charge >= 0.3 is 0 Å². The van der Waals surface area contributed by atoms with E-state index in [1.54, 1.807) is 6.07 Å². The third-order valence-electron chi connectivity index (χ3n) is 3.38. The third kappa shape index (κ3) is 2.37. The smallest absolute Gasteiger partial charge is 0.123 e. The van der Waals surface area contributed by atoms with Crippen LogP contribution in [0.4, 0.5) is 4.39 Å². The molecule has 1 aromatic carbocycles. The molecule has 2 heteroatoms. The Balaban J connectivity index is 2.09. The summed E-state index contributed by atoms with van der Waals surface area (Å²) in [7, 11) is 0. The fourth-order valence-corrected chi connectivity index (χ4v) is 2.14. The number of hydrogen-bond acceptors (Lipinski definition) is 1. The lowest BCUT2D eigenvalue weighted by Crippen LogP contribution is -2.15. The van der Waals surface area contributed by atoms with E-state index in [0.29, 0.717) is 5.92 Å². The van der Waals surface area contributed by atoms with Gasteiger partial charge in [0.1, 0.15) is 5.82 Å². The van der Waals surface area contributed by atoms with E-state index in [0.717, 1.165) is 17.5 Å². The molecule has 1 atom stereocenters. The summed E-state index contributed by atoms with van der Waals surface area (Å²) in [6.07, 6.45) is 3.99. The summed E-state index contributed by atoms with van der Waals surface area (Å²) in [5.41, 5.74) is 1.73. The van der Waals surface area contributed by atoms with Crippen molar-refractivity contribution in [1.29, 1.82) is 0 Å². The van der Waals surface area contributed by atoms with Gasteiger partial charge in [0.2, 0.25) is 0 Å². The number of rotatable bonds is 3. The van der Waals surface area contributed by atoms with Gasteiger partial charge in [-0.15, -0.1) is 0 Å². The van der Waals surface area contributed by atoms with E-state index in [2.05, 4.69) is 0 Å². The molecule has 1 aliphatic carbocycles. The molecule has 1 aromatic rings. The number of hydrogen-bond donors (Lipinski definition) is 1. The minimum Gasteiger partial charge on any atom is -0.388 e. The molecule has 1 saturated carbocycles. The number of benzene rings is 1. The van der Waals surface area contributed by atoms with Crippen LogP contribution in [0, 0.1) is 18.7 Å². The molecule has 0 aliphatic heterocycles. The molecular weight excluding hydrogens is 191 g/mol. The Bertz CT molecular complexity index is 344. The molecule has 0 amide bonds. The summed E-state index contributed by atoms with van der Waals surface area (Å²) >= 11 is 0. The molecule has 1 unspecified atom stereocenters. The zero-order valence-electron chi connectivity index (χ0n) is 9.04. The predicted molar refractivity (Wildman–Crippen MR) is 58.1 cm³/mol. The van der Waals surface area contributed by atoms with Gasteiger partial charge in [-0.25, -0.2) is 4.39 Å². The van der Waals surface area contributed by atoms with Gasteiger partial charge in [-0.1, -0.05) is 25.3 Å². The minimum atomic E-state index is -0.494. The van der Waals surface area contributed by atoms with Gasteiger partial charge in [0.05, 0.1) is 6.10 Å². The molecule has 2 rings (SSSR count). The van der Waals surface area contributed by atoms with Crippen molar-refractivity contribution in [2.75, 3.05) is 0 Å². The van der Waals surface area contributed by atoms with Gasteiger partial charge in [-0.2, -0.15) is 0 Å². The van der Waals surface area contributed by atoms with E-state index < -0.39 is 6.10 Å². The predicted octanol–water partition coefficient (Wildman–Crippen LogP) is 3.36. The van der Waals surface area contributed by atoms with Gasteiger partial charge in [0, 0.05) is 0 Å². The lowest BCUT2D eigenvalue weighted by molar-refractivity contribution is 0.117. The Morgan fingerprint density at radius 1 is 1.47 bits per heavy atom. The Labute approximate surface area is 89.9 Å². The highest BCUT2D eigenvalue weighted by Gasteiger charge is 2.22. The van der Waals surface area contributed by atoms with Crippen LogP contribution >= 0.6 is 0 Å². The largest absolute Gasteiger partial charge is 0.388 e. The summed E-state index contributed by atoms with van der Waals surface area (Å²) in [6.45, 7) is 1.92. The van der Waals surface area contributed by atoms with Crippen molar-refractivity contribution in [2.24, 2.45) is 5.92 Å². The first-order valence-electron chi connectivity index (χ1n) is 5.61. The fraction of sp³-hybridized carbons (Fsp3) is 0.538. The minimum absolute atomic E-state index is 0.261. The van der Waals surface area contributed by atoms with Crippen LogP contribution in [0.1, 0.15) is 42.9 Å². The van der Waals surface area contributed by atoms with Crippen LogP contribution < -0.4 is 0 Å². The zero-order valence-corrected chi connectivity index (χ0v) is 9.04. The lowest BCUT2D eigenvalue weighted by Gasteiger charge is -2.28. The summed E-state index contributed by atoms with van der Waals surface area (Å²) in [5, 5.41) is 9.99. The topological polar surface area (TPSA) is 20.2 Å². The van der Waals surface area contributed by atoms with Gasteiger partial charge in [-0.3, -0.25) is 0 Å². The van der Waals surface area contributed by atoms with Crippen LogP contribution in [0.2, 0.25) is 0 Å². The summed E-state index contributed by atoms with van der Waals surface area (Å²) < 4.78 is 13.0. The van der Waals surface area contributed by atoms with Crippen LogP contribution in [0.15, 0.2) is 18.2 Å². The molecule has 1 nitrogen and oxygen atoms in total. The number of aliphatic hydroxyl groups is 1. The normalized spacial score (nSPS) is 18.6. The number of aryl methyl sites for hydroxylation is 1. The highest BCUT2D eigenvalue weighted by molar-refractivity contribution is 5.28. The second-order valence-corrected chi connectivity index (χ2v) is 4.55. The fourth-order valence-electron chi connectivity index (χ4n) is 2.14.